The number of ether oxygens (including phenoxy) is 2. The van der Waals surface area contributed by atoms with Crippen LogP contribution in [0.2, 0.25) is 10.0 Å². The molecule has 186 valence electrons. The molecule has 0 fully saturated rings. The van der Waals surface area contributed by atoms with E-state index in [2.05, 4.69) is 5.32 Å². The zero-order valence-electron chi connectivity index (χ0n) is 19.3. The van der Waals surface area contributed by atoms with Gasteiger partial charge in [0.05, 0.1) is 24.8 Å². The maximum absolute atomic E-state index is 13.6. The van der Waals surface area contributed by atoms with E-state index in [1.54, 1.807) is 24.3 Å². The fraction of sp³-hybridized carbons (Fsp3) is 0.240. The maximum Gasteiger partial charge on any atom is 0.264 e. The summed E-state index contributed by atoms with van der Waals surface area (Å²) in [5, 5.41) is 3.91. The number of carbonyl (C=O) groups excluding carboxylic acids is 1. The van der Waals surface area contributed by atoms with Crippen LogP contribution < -0.4 is 19.1 Å². The van der Waals surface area contributed by atoms with Crippen LogP contribution in [0.4, 0.5) is 5.69 Å². The number of hydrogen-bond acceptors (Lipinski definition) is 5. The molecule has 0 aliphatic carbocycles. The average molecular weight is 537 g/mol. The molecule has 1 amide bonds. The molecule has 3 aromatic carbocycles. The number of rotatable bonds is 11. The van der Waals surface area contributed by atoms with Gasteiger partial charge in [0.1, 0.15) is 6.54 Å². The Hall–Kier alpha value is -2.94. The summed E-state index contributed by atoms with van der Waals surface area (Å²) in [6.45, 7) is -0.0423. The Morgan fingerprint density at radius 2 is 1.63 bits per heavy atom. The second kappa shape index (κ2) is 12.2. The topological polar surface area (TPSA) is 84.9 Å². The van der Waals surface area contributed by atoms with Crippen LogP contribution in [-0.4, -0.2) is 41.6 Å². The number of halogens is 2. The number of nitrogens with zero attached hydrogens (tertiary/aromatic N) is 1. The molecule has 3 aromatic rings. The largest absolute Gasteiger partial charge is 0.493 e. The fourth-order valence-corrected chi connectivity index (χ4v) is 5.21. The molecule has 35 heavy (non-hydrogen) atoms. The molecule has 7 nitrogen and oxygen atoms in total. The third-order valence-corrected chi connectivity index (χ3v) is 7.64. The molecule has 0 saturated carbocycles. The Labute approximate surface area is 215 Å². The second-order valence-electron chi connectivity index (χ2n) is 7.55. The number of benzene rings is 3. The number of carbonyl (C=O) groups is 1. The van der Waals surface area contributed by atoms with Crippen LogP contribution in [-0.2, 0) is 21.2 Å². The molecule has 1 N–H and O–H groups in total. The first-order valence-electron chi connectivity index (χ1n) is 10.8. The summed E-state index contributed by atoms with van der Waals surface area (Å²) in [7, 11) is -1.24. The number of anilines is 1. The van der Waals surface area contributed by atoms with Gasteiger partial charge < -0.3 is 14.8 Å². The summed E-state index contributed by atoms with van der Waals surface area (Å²) in [6.07, 6.45) is 1.34. The van der Waals surface area contributed by atoms with Gasteiger partial charge in [-0.05, 0) is 60.9 Å². The minimum atomic E-state index is -4.12. The highest BCUT2D eigenvalue weighted by Crippen LogP contribution is 2.32. The average Bonchev–Trinajstić information content (AvgIpc) is 2.86. The molecule has 10 heteroatoms. The zero-order chi connectivity index (χ0) is 25.4. The van der Waals surface area contributed by atoms with Gasteiger partial charge in [-0.15, -0.1) is 0 Å². The number of hydrogen-bond donors (Lipinski definition) is 1. The third kappa shape index (κ3) is 6.81. The molecule has 0 aromatic heterocycles. The molecule has 0 spiro atoms. The molecule has 0 radical (unpaired) electrons. The number of nitrogens with one attached hydrogen (secondary N) is 1. The van der Waals surface area contributed by atoms with Gasteiger partial charge in [0.25, 0.3) is 10.0 Å². The lowest BCUT2D eigenvalue weighted by Gasteiger charge is -2.24. The van der Waals surface area contributed by atoms with Crippen LogP contribution in [0.5, 0.6) is 11.5 Å². The van der Waals surface area contributed by atoms with E-state index < -0.39 is 22.5 Å². The smallest absolute Gasteiger partial charge is 0.264 e. The molecule has 0 saturated heterocycles. The van der Waals surface area contributed by atoms with Crippen LogP contribution in [0, 0.1) is 0 Å². The molecule has 0 unspecified atom stereocenters. The first kappa shape index (κ1) is 26.7. The predicted molar refractivity (Wildman–Crippen MR) is 138 cm³/mol. The lowest BCUT2D eigenvalue weighted by Crippen LogP contribution is -2.41. The Morgan fingerprint density at radius 1 is 0.943 bits per heavy atom. The van der Waals surface area contributed by atoms with Crippen LogP contribution in [0.25, 0.3) is 0 Å². The van der Waals surface area contributed by atoms with Gasteiger partial charge in [-0.2, -0.15) is 0 Å². The van der Waals surface area contributed by atoms with Crippen molar-refractivity contribution in [3.63, 3.8) is 0 Å². The van der Waals surface area contributed by atoms with E-state index in [4.69, 9.17) is 32.7 Å². The lowest BCUT2D eigenvalue weighted by molar-refractivity contribution is -0.119. The van der Waals surface area contributed by atoms with Gasteiger partial charge >= 0.3 is 0 Å². The second-order valence-corrected chi connectivity index (χ2v) is 10.3. The monoisotopic (exact) mass is 536 g/mol. The predicted octanol–water partition coefficient (Wildman–Crippen LogP) is 4.95. The van der Waals surface area contributed by atoms with Crippen molar-refractivity contribution in [3.05, 3.63) is 82.3 Å². The third-order valence-electron chi connectivity index (χ3n) is 5.25. The van der Waals surface area contributed by atoms with Crippen molar-refractivity contribution >= 4 is 44.8 Å². The van der Waals surface area contributed by atoms with Crippen molar-refractivity contribution in [2.45, 2.75) is 17.7 Å². The maximum atomic E-state index is 13.6. The van der Waals surface area contributed by atoms with E-state index in [0.717, 1.165) is 9.87 Å². The van der Waals surface area contributed by atoms with Crippen LogP contribution in [0.1, 0.15) is 12.0 Å². The van der Waals surface area contributed by atoms with Crippen molar-refractivity contribution in [1.82, 2.24) is 5.32 Å². The Kier molecular flexibility index (Phi) is 9.26. The summed E-state index contributed by atoms with van der Waals surface area (Å²) >= 11 is 12.2. The highest BCUT2D eigenvalue weighted by atomic mass is 35.5. The first-order chi connectivity index (χ1) is 16.8. The number of sulfonamides is 1. The zero-order valence-corrected chi connectivity index (χ0v) is 21.7. The van der Waals surface area contributed by atoms with E-state index >= 15 is 0 Å². The number of aryl methyl sites for hydroxylation is 1. The van der Waals surface area contributed by atoms with Gasteiger partial charge in [-0.1, -0.05) is 41.4 Å². The van der Waals surface area contributed by atoms with Gasteiger partial charge in [-0.3, -0.25) is 9.10 Å². The minimum Gasteiger partial charge on any atom is -0.493 e. The van der Waals surface area contributed by atoms with Gasteiger partial charge in [0, 0.05) is 22.7 Å². The van der Waals surface area contributed by atoms with E-state index in [9.17, 15) is 13.2 Å². The molecular weight excluding hydrogens is 511 g/mol. The molecule has 0 atom stereocenters. The van der Waals surface area contributed by atoms with Gasteiger partial charge in [0.2, 0.25) is 5.91 Å². The van der Waals surface area contributed by atoms with E-state index in [0.29, 0.717) is 40.9 Å². The van der Waals surface area contributed by atoms with E-state index in [1.807, 2.05) is 24.3 Å². The Balaban J connectivity index is 1.78. The standard InChI is InChI=1S/C25H26Cl2N2O5S/c1-33-23-14-13-21(16-24(23)34-2)35(31,32)29(20-11-9-19(26)10-12-20)17-25(30)28-15-5-7-18-6-3-4-8-22(18)27/h3-4,6,8-14,16H,5,7,15,17H2,1-2H3,(H,28,30). The number of methoxy groups -OCH3 is 2. The summed E-state index contributed by atoms with van der Waals surface area (Å²) in [4.78, 5) is 12.7. The molecule has 0 bridgehead atoms. The molecular formula is C25H26Cl2N2O5S. The summed E-state index contributed by atoms with van der Waals surface area (Å²) < 4.78 is 38.6. The quantitative estimate of drug-likeness (QED) is 0.350. The molecule has 0 aliphatic rings. The number of amides is 1. The first-order valence-corrected chi connectivity index (χ1v) is 13.0. The molecule has 0 aliphatic heterocycles. The van der Waals surface area contributed by atoms with Crippen molar-refractivity contribution in [2.24, 2.45) is 0 Å². The highest BCUT2D eigenvalue weighted by molar-refractivity contribution is 7.92. The lowest BCUT2D eigenvalue weighted by atomic mass is 10.1. The van der Waals surface area contributed by atoms with Crippen molar-refractivity contribution < 1.29 is 22.7 Å². The summed E-state index contributed by atoms with van der Waals surface area (Å²) in [6, 6.07) is 18.0. The molecule has 3 rings (SSSR count). The summed E-state index contributed by atoms with van der Waals surface area (Å²) in [5.41, 5.74) is 1.29. The van der Waals surface area contributed by atoms with Crippen LogP contribution in [0.3, 0.4) is 0 Å². The highest BCUT2D eigenvalue weighted by Gasteiger charge is 2.28. The SMILES string of the molecule is COc1ccc(S(=O)(=O)N(CC(=O)NCCCc2ccccc2Cl)c2ccc(Cl)cc2)cc1OC. The fourth-order valence-electron chi connectivity index (χ4n) is 3.42. The van der Waals surface area contributed by atoms with Gasteiger partial charge in [-0.25, -0.2) is 8.42 Å². The van der Waals surface area contributed by atoms with Crippen LogP contribution in [0.15, 0.2) is 71.6 Å². The van der Waals surface area contributed by atoms with Crippen LogP contribution >= 0.6 is 23.2 Å². The Bertz CT molecular complexity index is 1270. The summed E-state index contributed by atoms with van der Waals surface area (Å²) in [5.74, 6) is 0.206. The van der Waals surface area contributed by atoms with E-state index in [-0.39, 0.29) is 10.6 Å². The van der Waals surface area contributed by atoms with Crippen molar-refractivity contribution in [3.8, 4) is 11.5 Å². The minimum absolute atomic E-state index is 0.0448. The van der Waals surface area contributed by atoms with Gasteiger partial charge in [0.15, 0.2) is 11.5 Å². The normalized spacial score (nSPS) is 11.1. The van der Waals surface area contributed by atoms with Crippen molar-refractivity contribution in [2.75, 3.05) is 31.6 Å². The Morgan fingerprint density at radius 3 is 2.29 bits per heavy atom. The molecule has 0 heterocycles. The van der Waals surface area contributed by atoms with E-state index in [1.165, 1.54) is 32.4 Å². The van der Waals surface area contributed by atoms with Crippen molar-refractivity contribution in [1.29, 1.82) is 0 Å².